The summed E-state index contributed by atoms with van der Waals surface area (Å²) < 4.78 is 27.4. The topological polar surface area (TPSA) is 226 Å². The zero-order chi connectivity index (χ0) is 48.3. The van der Waals surface area contributed by atoms with Crippen LogP contribution in [0.2, 0.25) is 0 Å². The van der Waals surface area contributed by atoms with Gasteiger partial charge in [-0.3, -0.25) is 39.0 Å². The standard InChI is InChI=1S/C47H49FN10O9/c1-25(2)67-46(65)29-23-49-47(54-41(29)30-24-57(6)34-14-9-8-11-27(30)34)52-33-21-32(51-42(61)26(3)48)36(22-37(33)66-7)56(5)20-19-55(4)18-17-39(60)50-31-13-10-12-28-40(31)45(64)58(44(28)63)35-15-16-38(59)53-43(35)62/h8-14,21-25,35H,3,15-20H2,1-2,4-7H3,(H,50,60)(H,51,61)(H,49,52,54)(H,53,59,62). The summed E-state index contributed by atoms with van der Waals surface area (Å²) in [5, 5.41) is 11.4. The van der Waals surface area contributed by atoms with E-state index >= 15 is 0 Å². The molecule has 2 aliphatic heterocycles. The summed E-state index contributed by atoms with van der Waals surface area (Å²) in [4.78, 5) is 104. The van der Waals surface area contributed by atoms with Gasteiger partial charge < -0.3 is 39.8 Å². The van der Waals surface area contributed by atoms with Crippen LogP contribution in [0, 0.1) is 0 Å². The number of amides is 6. The van der Waals surface area contributed by atoms with Crippen LogP contribution in [0.1, 0.15) is 64.2 Å². The fourth-order valence-corrected chi connectivity index (χ4v) is 7.84. The van der Waals surface area contributed by atoms with E-state index in [0.717, 1.165) is 15.8 Å². The van der Waals surface area contributed by atoms with Crippen LogP contribution < -0.4 is 30.9 Å². The molecule has 4 N–H and O–H groups in total. The monoisotopic (exact) mass is 916 g/mol. The highest BCUT2D eigenvalue weighted by atomic mass is 19.1. The van der Waals surface area contributed by atoms with E-state index in [0.29, 0.717) is 41.5 Å². The Morgan fingerprint density at radius 2 is 1.72 bits per heavy atom. The molecule has 2 aromatic heterocycles. The third-order valence-corrected chi connectivity index (χ3v) is 11.3. The Balaban J connectivity index is 1.05. The van der Waals surface area contributed by atoms with Crippen LogP contribution in [-0.4, -0.2) is 119 Å². The number of piperidine rings is 1. The number of carbonyl (C=O) groups is 7. The Kier molecular flexibility index (Phi) is 13.8. The molecule has 0 aliphatic carbocycles. The minimum absolute atomic E-state index is 0.00115. The molecule has 0 bridgehead atoms. The van der Waals surface area contributed by atoms with Crippen LogP contribution in [0.4, 0.5) is 33.1 Å². The first-order valence-electron chi connectivity index (χ1n) is 21.3. The van der Waals surface area contributed by atoms with Crippen molar-refractivity contribution in [3.63, 3.8) is 0 Å². The highest BCUT2D eigenvalue weighted by Crippen LogP contribution is 2.39. The number of anilines is 5. The van der Waals surface area contributed by atoms with Crippen molar-refractivity contribution >= 4 is 81.0 Å². The summed E-state index contributed by atoms with van der Waals surface area (Å²) in [6, 6.07) is 14.1. The number of methoxy groups -OCH3 is 1. The number of rotatable bonds is 17. The molecular weight excluding hydrogens is 868 g/mol. The molecule has 1 atom stereocenters. The van der Waals surface area contributed by atoms with E-state index in [1.807, 2.05) is 47.0 Å². The van der Waals surface area contributed by atoms with E-state index in [4.69, 9.17) is 14.5 Å². The maximum atomic E-state index is 14.2. The number of fused-ring (bicyclic) bond motifs is 2. The number of hydrogen-bond donors (Lipinski definition) is 4. The number of esters is 1. The number of carbonyl (C=O) groups excluding carboxylic acids is 7. The van der Waals surface area contributed by atoms with Gasteiger partial charge in [0.25, 0.3) is 17.7 Å². The minimum Gasteiger partial charge on any atom is -0.494 e. The largest absolute Gasteiger partial charge is 0.494 e. The molecule has 67 heavy (non-hydrogen) atoms. The molecule has 3 aromatic carbocycles. The molecule has 6 amide bonds. The maximum Gasteiger partial charge on any atom is 0.342 e. The second-order valence-electron chi connectivity index (χ2n) is 16.3. The molecule has 4 heterocycles. The molecule has 0 spiro atoms. The molecule has 1 saturated heterocycles. The Morgan fingerprint density at radius 3 is 2.43 bits per heavy atom. The number of para-hydroxylation sites is 1. The second kappa shape index (κ2) is 19.6. The zero-order valence-corrected chi connectivity index (χ0v) is 37.7. The Hall–Kier alpha value is -8.00. The van der Waals surface area contributed by atoms with Crippen LogP contribution in [0.3, 0.4) is 0 Å². The lowest BCUT2D eigenvalue weighted by Crippen LogP contribution is -2.54. The van der Waals surface area contributed by atoms with Gasteiger partial charge in [-0.15, -0.1) is 0 Å². The number of imide groups is 2. The first kappa shape index (κ1) is 47.0. The first-order valence-corrected chi connectivity index (χ1v) is 21.3. The van der Waals surface area contributed by atoms with Gasteiger partial charge in [0, 0.05) is 81.5 Å². The lowest BCUT2D eigenvalue weighted by molar-refractivity contribution is -0.136. The molecule has 0 saturated carbocycles. The molecule has 2 aliphatic rings. The average Bonchev–Trinajstić information content (AvgIpc) is 3.76. The lowest BCUT2D eigenvalue weighted by atomic mass is 10.0. The number of halogens is 1. The second-order valence-corrected chi connectivity index (χ2v) is 16.3. The van der Waals surface area contributed by atoms with Crippen molar-refractivity contribution in [1.29, 1.82) is 0 Å². The highest BCUT2D eigenvalue weighted by Gasteiger charge is 2.45. The van der Waals surface area contributed by atoms with E-state index in [1.54, 1.807) is 38.9 Å². The van der Waals surface area contributed by atoms with Gasteiger partial charge in [-0.25, -0.2) is 19.2 Å². The quantitative estimate of drug-likeness (QED) is 0.0537. The predicted molar refractivity (Wildman–Crippen MR) is 247 cm³/mol. The molecule has 1 fully saturated rings. The van der Waals surface area contributed by atoms with Crippen LogP contribution >= 0.6 is 0 Å². The predicted octanol–water partition coefficient (Wildman–Crippen LogP) is 5.17. The molecule has 0 radical (unpaired) electrons. The van der Waals surface area contributed by atoms with Crippen molar-refractivity contribution in [2.75, 3.05) is 61.7 Å². The Bertz CT molecular complexity index is 2860. The number of ether oxygens (including phenoxy) is 2. The van der Waals surface area contributed by atoms with Crippen LogP contribution in [0.15, 0.2) is 79.4 Å². The van der Waals surface area contributed by atoms with Gasteiger partial charge >= 0.3 is 5.97 Å². The normalized spacial score (nSPS) is 14.6. The summed E-state index contributed by atoms with van der Waals surface area (Å²) in [6.07, 6.45) is 2.81. The van der Waals surface area contributed by atoms with Crippen molar-refractivity contribution < 1.29 is 47.4 Å². The third kappa shape index (κ3) is 9.98. The van der Waals surface area contributed by atoms with E-state index in [-0.39, 0.29) is 59.8 Å². The number of benzene rings is 3. The SMILES string of the molecule is C=C(F)C(=O)Nc1cc(Nc2ncc(C(=O)OC(C)C)c(-c3cn(C)c4ccccc34)n2)c(OC)cc1N(C)CCN(C)CCC(=O)Nc1cccc2c1C(=O)N(C1CCC(=O)NC1=O)C2=O. The van der Waals surface area contributed by atoms with Crippen molar-refractivity contribution in [2.24, 2.45) is 7.05 Å². The Labute approximate surface area is 384 Å². The summed E-state index contributed by atoms with van der Waals surface area (Å²) >= 11 is 0. The number of hydrogen-bond acceptors (Lipinski definition) is 14. The van der Waals surface area contributed by atoms with Gasteiger partial charge in [-0.1, -0.05) is 30.8 Å². The average molecular weight is 917 g/mol. The third-order valence-electron chi connectivity index (χ3n) is 11.3. The van der Waals surface area contributed by atoms with Crippen molar-refractivity contribution in [1.82, 2.24) is 29.7 Å². The number of nitrogens with zero attached hydrogens (tertiary/aromatic N) is 6. The fraction of sp³-hybridized carbons (Fsp3) is 0.298. The number of nitrogens with one attached hydrogen (secondary N) is 4. The van der Waals surface area contributed by atoms with Gasteiger partial charge in [-0.2, -0.15) is 0 Å². The van der Waals surface area contributed by atoms with Gasteiger partial charge in [0.2, 0.25) is 23.7 Å². The number of aryl methyl sites for hydroxylation is 1. The van der Waals surface area contributed by atoms with E-state index in [9.17, 15) is 38.0 Å². The number of aromatic nitrogens is 3. The highest BCUT2D eigenvalue weighted by molar-refractivity contribution is 6.26. The van der Waals surface area contributed by atoms with Crippen molar-refractivity contribution in [3.8, 4) is 17.0 Å². The van der Waals surface area contributed by atoms with Gasteiger partial charge in [0.1, 0.15) is 17.4 Å². The zero-order valence-electron chi connectivity index (χ0n) is 37.7. The summed E-state index contributed by atoms with van der Waals surface area (Å²) in [6.45, 7) is 7.64. The smallest absolute Gasteiger partial charge is 0.342 e. The lowest BCUT2D eigenvalue weighted by Gasteiger charge is -2.27. The van der Waals surface area contributed by atoms with Crippen molar-refractivity contribution in [3.05, 3.63) is 96.1 Å². The van der Waals surface area contributed by atoms with Crippen LogP contribution in [0.25, 0.3) is 22.2 Å². The fourth-order valence-electron chi connectivity index (χ4n) is 7.84. The van der Waals surface area contributed by atoms with Gasteiger partial charge in [0.05, 0.1) is 52.8 Å². The summed E-state index contributed by atoms with van der Waals surface area (Å²) in [7, 11) is 6.88. The van der Waals surface area contributed by atoms with E-state index in [1.165, 1.54) is 37.6 Å². The molecule has 5 aromatic rings. The summed E-state index contributed by atoms with van der Waals surface area (Å²) in [5.74, 6) is -5.60. The number of likely N-dealkylation sites (N-methyl/N-ethyl adjacent to an activating group) is 2. The Morgan fingerprint density at radius 1 is 0.955 bits per heavy atom. The first-order chi connectivity index (χ1) is 31.9. The molecule has 1 unspecified atom stereocenters. The molecule has 20 heteroatoms. The molecule has 7 rings (SSSR count). The van der Waals surface area contributed by atoms with Crippen LogP contribution in [0.5, 0.6) is 5.75 Å². The molecular formula is C47H49FN10O9. The van der Waals surface area contributed by atoms with E-state index < -0.39 is 59.4 Å². The molecule has 19 nitrogen and oxygen atoms in total. The maximum absolute atomic E-state index is 14.2. The van der Waals surface area contributed by atoms with Gasteiger partial charge in [-0.05, 0) is 51.6 Å². The van der Waals surface area contributed by atoms with E-state index in [2.05, 4.69) is 32.8 Å². The minimum atomic E-state index is -1.22. The molecule has 348 valence electrons. The van der Waals surface area contributed by atoms with Crippen molar-refractivity contribution in [2.45, 2.75) is 45.3 Å². The van der Waals surface area contributed by atoms with Crippen LogP contribution in [-0.2, 0) is 31.0 Å². The van der Waals surface area contributed by atoms with Gasteiger partial charge in [0.15, 0.2) is 5.83 Å². The summed E-state index contributed by atoms with van der Waals surface area (Å²) in [5.41, 5.74) is 3.08.